The smallest absolute Gasteiger partial charge is 0.322 e. The number of carbonyl (C=O) groups is 3. The first-order chi connectivity index (χ1) is 16.1. The van der Waals surface area contributed by atoms with Crippen LogP contribution in [0.1, 0.15) is 42.0 Å². The highest BCUT2D eigenvalue weighted by atomic mass is 35.5. The Labute approximate surface area is 200 Å². The molecule has 0 radical (unpaired) electrons. The van der Waals surface area contributed by atoms with Crippen molar-refractivity contribution in [2.45, 2.75) is 39.8 Å². The van der Waals surface area contributed by atoms with Crippen LogP contribution >= 0.6 is 11.6 Å². The molecule has 3 heterocycles. The van der Waals surface area contributed by atoms with Gasteiger partial charge in [0.2, 0.25) is 0 Å². The van der Waals surface area contributed by atoms with E-state index in [0.717, 1.165) is 11.8 Å². The minimum Gasteiger partial charge on any atom is -0.340 e. The molecule has 1 aromatic heterocycles. The van der Waals surface area contributed by atoms with Crippen molar-refractivity contribution in [3.05, 3.63) is 45.7 Å². The lowest BCUT2D eigenvalue weighted by Crippen LogP contribution is -2.40. The maximum Gasteiger partial charge on any atom is 0.322 e. The fourth-order valence-electron chi connectivity index (χ4n) is 4.89. The van der Waals surface area contributed by atoms with E-state index in [1.807, 2.05) is 6.92 Å². The molecule has 0 fully saturated rings. The third kappa shape index (κ3) is 4.38. The zero-order valence-corrected chi connectivity index (χ0v) is 20.0. The van der Waals surface area contributed by atoms with Crippen LogP contribution in [0.3, 0.4) is 0 Å². The van der Waals surface area contributed by atoms with Crippen LogP contribution in [-0.4, -0.2) is 57.4 Å². The monoisotopic (exact) mass is 493 g/mol. The van der Waals surface area contributed by atoms with Crippen molar-refractivity contribution in [1.82, 2.24) is 19.6 Å². The van der Waals surface area contributed by atoms with Crippen LogP contribution < -0.4 is 5.32 Å². The summed E-state index contributed by atoms with van der Waals surface area (Å²) >= 11 is 5.71. The summed E-state index contributed by atoms with van der Waals surface area (Å²) in [7, 11) is 1.70. The summed E-state index contributed by atoms with van der Waals surface area (Å²) in [6.45, 7) is 4.82. The minimum absolute atomic E-state index is 0.0651. The summed E-state index contributed by atoms with van der Waals surface area (Å²) in [6, 6.07) is 1.03. The number of carbonyl (C=O) groups excluding carboxylic acids is 3. The average Bonchev–Trinajstić information content (AvgIpc) is 3.08. The predicted octanol–water partition coefficient (Wildman–Crippen LogP) is 3.72. The van der Waals surface area contributed by atoms with Gasteiger partial charge >= 0.3 is 6.03 Å². The molecule has 2 aliphatic heterocycles. The minimum atomic E-state index is -0.939. The van der Waals surface area contributed by atoms with E-state index < -0.39 is 17.7 Å². The summed E-state index contributed by atoms with van der Waals surface area (Å²) < 4.78 is 29.2. The number of rotatable bonds is 4. The van der Waals surface area contributed by atoms with Crippen LogP contribution in [0.2, 0.25) is 5.02 Å². The fraction of sp³-hybridized carbons (Fsp3) is 0.478. The first-order valence-corrected chi connectivity index (χ1v) is 11.5. The van der Waals surface area contributed by atoms with Gasteiger partial charge in [0.1, 0.15) is 23.1 Å². The molecule has 0 bridgehead atoms. The Morgan fingerprint density at radius 1 is 1.26 bits per heavy atom. The van der Waals surface area contributed by atoms with Gasteiger partial charge in [-0.3, -0.25) is 14.3 Å². The summed E-state index contributed by atoms with van der Waals surface area (Å²) in [4.78, 5) is 41.3. The van der Waals surface area contributed by atoms with Gasteiger partial charge in [-0.15, -0.1) is 0 Å². The van der Waals surface area contributed by atoms with E-state index in [1.165, 1.54) is 4.90 Å². The second-order valence-corrected chi connectivity index (χ2v) is 9.28. The number of anilines is 1. The van der Waals surface area contributed by atoms with E-state index in [-0.39, 0.29) is 40.8 Å². The Morgan fingerprint density at radius 3 is 2.68 bits per heavy atom. The van der Waals surface area contributed by atoms with E-state index in [1.54, 1.807) is 23.6 Å². The summed E-state index contributed by atoms with van der Waals surface area (Å²) in [6.07, 6.45) is 1.09. The number of hydrogen-bond donors (Lipinski definition) is 1. The summed E-state index contributed by atoms with van der Waals surface area (Å²) in [5, 5.41) is 6.78. The van der Waals surface area contributed by atoms with Crippen LogP contribution in [-0.2, 0) is 24.3 Å². The summed E-state index contributed by atoms with van der Waals surface area (Å²) in [5.74, 6) is -2.23. The molecule has 2 aliphatic rings. The average molecular weight is 494 g/mol. The molecule has 2 atom stereocenters. The highest BCUT2D eigenvalue weighted by Gasteiger charge is 2.37. The molecular formula is C23H26ClF2N5O3. The number of nitrogens with one attached hydrogen (secondary N) is 1. The number of fused-ring (bicyclic) bond motifs is 3. The van der Waals surface area contributed by atoms with E-state index in [9.17, 15) is 23.2 Å². The number of nitrogens with zero attached hydrogens (tertiary/aromatic N) is 4. The van der Waals surface area contributed by atoms with Crippen molar-refractivity contribution in [2.75, 3.05) is 25.5 Å². The number of hydrogen-bond acceptors (Lipinski definition) is 4. The van der Waals surface area contributed by atoms with Gasteiger partial charge in [0.05, 0.1) is 22.9 Å². The maximum absolute atomic E-state index is 14.1. The van der Waals surface area contributed by atoms with Gasteiger partial charge in [0.15, 0.2) is 0 Å². The van der Waals surface area contributed by atoms with Crippen LogP contribution in [0.15, 0.2) is 12.1 Å². The molecule has 4 rings (SSSR count). The molecule has 0 saturated carbocycles. The van der Waals surface area contributed by atoms with E-state index in [4.69, 9.17) is 11.6 Å². The van der Waals surface area contributed by atoms with Crippen LogP contribution in [0, 0.1) is 23.5 Å². The van der Waals surface area contributed by atoms with Gasteiger partial charge in [-0.1, -0.05) is 18.5 Å². The topological polar surface area (TPSA) is 87.5 Å². The van der Waals surface area contributed by atoms with E-state index in [2.05, 4.69) is 10.4 Å². The first kappa shape index (κ1) is 24.1. The van der Waals surface area contributed by atoms with Crippen LogP contribution in [0.4, 0.5) is 19.3 Å². The number of amides is 3. The largest absolute Gasteiger partial charge is 0.340 e. The molecule has 1 aromatic carbocycles. The van der Waals surface area contributed by atoms with Crippen LogP contribution in [0.25, 0.3) is 0 Å². The number of Topliss-reactive ketones (excluding diaryl/α,β-unsaturated/α-hetero) is 1. The van der Waals surface area contributed by atoms with E-state index >= 15 is 0 Å². The molecule has 0 spiro atoms. The Balaban J connectivity index is 1.59. The van der Waals surface area contributed by atoms with Gasteiger partial charge < -0.3 is 15.1 Å². The molecule has 1 N–H and O–H groups in total. The molecule has 11 heteroatoms. The zero-order valence-electron chi connectivity index (χ0n) is 19.2. The number of urea groups is 1. The Bertz CT molecular complexity index is 1170. The van der Waals surface area contributed by atoms with Crippen molar-refractivity contribution < 1.29 is 23.2 Å². The van der Waals surface area contributed by atoms with Crippen molar-refractivity contribution >= 4 is 35.0 Å². The third-order valence-corrected chi connectivity index (χ3v) is 6.93. The fourth-order valence-corrected chi connectivity index (χ4v) is 5.05. The van der Waals surface area contributed by atoms with Crippen LogP contribution in [0.5, 0.6) is 0 Å². The van der Waals surface area contributed by atoms with Crippen molar-refractivity contribution in [2.24, 2.45) is 11.8 Å². The highest BCUT2D eigenvalue weighted by molar-refractivity contribution is 6.31. The second kappa shape index (κ2) is 9.32. The molecule has 34 heavy (non-hydrogen) atoms. The van der Waals surface area contributed by atoms with Crippen molar-refractivity contribution in [3.8, 4) is 0 Å². The first-order valence-electron chi connectivity index (χ1n) is 11.2. The van der Waals surface area contributed by atoms with Gasteiger partial charge in [-0.05, 0) is 19.4 Å². The van der Waals surface area contributed by atoms with E-state index in [0.29, 0.717) is 49.8 Å². The number of aromatic nitrogens is 2. The molecular weight excluding hydrogens is 468 g/mol. The lowest BCUT2D eigenvalue weighted by atomic mass is 9.86. The SMILES string of the molecule is CCC(C(C)=O)[C@@H]1CN(C)C(=O)c2c3c(nn2C1)CCN(C(=O)Nc1cc(Cl)c(F)cc1F)C3. The lowest BCUT2D eigenvalue weighted by Gasteiger charge is -2.28. The molecule has 0 saturated heterocycles. The Hall–Kier alpha value is -3.01. The zero-order chi connectivity index (χ0) is 24.7. The molecule has 8 nitrogen and oxygen atoms in total. The third-order valence-electron chi connectivity index (χ3n) is 6.64. The summed E-state index contributed by atoms with van der Waals surface area (Å²) in [5.41, 5.74) is 1.55. The van der Waals surface area contributed by atoms with Gasteiger partial charge in [0, 0.05) is 56.6 Å². The molecule has 182 valence electrons. The Morgan fingerprint density at radius 2 is 2.00 bits per heavy atom. The van der Waals surface area contributed by atoms with Crippen molar-refractivity contribution in [1.29, 1.82) is 0 Å². The van der Waals surface area contributed by atoms with Crippen molar-refractivity contribution in [3.63, 3.8) is 0 Å². The lowest BCUT2D eigenvalue weighted by molar-refractivity contribution is -0.122. The standard InChI is InChI=1S/C23H26ClF2N5O3/c1-4-14(12(2)32)13-9-29(3)22(33)21-15-11-30(6-5-19(15)28-31(21)10-13)23(34)27-20-7-16(24)17(25)8-18(20)26/h7-8,13-14H,4-6,9-11H2,1-3H3,(H,27,34)/t13-,14?/m1/s1. The molecule has 1 unspecified atom stereocenters. The normalized spacial score (nSPS) is 18.8. The number of halogens is 3. The molecule has 2 aromatic rings. The molecule has 3 amide bonds. The van der Waals surface area contributed by atoms with Gasteiger partial charge in [-0.2, -0.15) is 5.10 Å². The maximum atomic E-state index is 14.1. The Kier molecular flexibility index (Phi) is 6.62. The quantitative estimate of drug-likeness (QED) is 0.657. The predicted molar refractivity (Wildman–Crippen MR) is 122 cm³/mol. The van der Waals surface area contributed by atoms with Gasteiger partial charge in [-0.25, -0.2) is 13.6 Å². The number of benzene rings is 1. The highest BCUT2D eigenvalue weighted by Crippen LogP contribution is 2.30. The molecule has 0 aliphatic carbocycles. The van der Waals surface area contributed by atoms with Gasteiger partial charge in [0.25, 0.3) is 5.91 Å². The number of ketones is 1. The second-order valence-electron chi connectivity index (χ2n) is 8.87.